The van der Waals surface area contributed by atoms with Gasteiger partial charge in [0, 0.05) is 30.0 Å². The Morgan fingerprint density at radius 3 is 2.61 bits per heavy atom. The van der Waals surface area contributed by atoms with Crippen LogP contribution in [0.25, 0.3) is 0 Å². The Hall–Kier alpha value is -3.23. The summed E-state index contributed by atoms with van der Waals surface area (Å²) in [7, 11) is 1.66. The molecular weight excluding hydrogens is 476 g/mol. The van der Waals surface area contributed by atoms with Crippen molar-refractivity contribution in [1.29, 1.82) is 0 Å². The number of carboxylic acids is 1. The summed E-state index contributed by atoms with van der Waals surface area (Å²) in [4.78, 5) is 20.5. The first kappa shape index (κ1) is 25.9. The summed E-state index contributed by atoms with van der Waals surface area (Å²) in [6, 6.07) is 17.9. The van der Waals surface area contributed by atoms with Crippen molar-refractivity contribution in [3.05, 3.63) is 83.3 Å². The van der Waals surface area contributed by atoms with Crippen molar-refractivity contribution >= 4 is 23.4 Å². The van der Waals surface area contributed by atoms with Crippen molar-refractivity contribution < 1.29 is 23.9 Å². The average Bonchev–Trinajstić information content (AvgIpc) is 3.52. The van der Waals surface area contributed by atoms with Gasteiger partial charge in [-0.05, 0) is 74.4 Å². The molecule has 0 saturated heterocycles. The van der Waals surface area contributed by atoms with E-state index in [9.17, 15) is 9.90 Å². The molecule has 1 aromatic heterocycles. The second kappa shape index (κ2) is 11.2. The number of nitrogens with zero attached hydrogens (tertiary/aromatic N) is 2. The van der Waals surface area contributed by atoms with Gasteiger partial charge >= 0.3 is 5.97 Å². The number of carboxylic acid groups (broad SMARTS) is 1. The first-order valence-electron chi connectivity index (χ1n) is 11.9. The molecule has 1 atom stereocenters. The third-order valence-corrected chi connectivity index (χ3v) is 7.31. The number of carbonyl (C=O) groups is 1. The van der Waals surface area contributed by atoms with E-state index in [-0.39, 0.29) is 6.10 Å². The monoisotopic (exact) mass is 508 g/mol. The molecule has 0 bridgehead atoms. The number of rotatable bonds is 11. The molecule has 1 aliphatic rings. The number of hydrogen-bond donors (Lipinski definition) is 1. The molecule has 1 N–H and O–H groups in total. The van der Waals surface area contributed by atoms with Crippen LogP contribution in [0.15, 0.2) is 75.3 Å². The topological polar surface area (TPSA) is 84.5 Å². The fourth-order valence-electron chi connectivity index (χ4n) is 4.13. The van der Waals surface area contributed by atoms with Crippen molar-refractivity contribution in [2.45, 2.75) is 56.0 Å². The first-order chi connectivity index (χ1) is 17.2. The molecular formula is C28H32N2O5S. The Balaban J connectivity index is 1.42. The third kappa shape index (κ3) is 6.50. The van der Waals surface area contributed by atoms with E-state index in [0.717, 1.165) is 45.2 Å². The van der Waals surface area contributed by atoms with Crippen LogP contribution < -0.4 is 4.74 Å². The molecule has 8 heteroatoms. The number of oxime groups is 1. The molecule has 0 spiro atoms. The second-order valence-corrected chi connectivity index (χ2v) is 11.2. The van der Waals surface area contributed by atoms with E-state index in [1.165, 1.54) is 11.8 Å². The molecule has 0 fully saturated rings. The molecule has 36 heavy (non-hydrogen) atoms. The van der Waals surface area contributed by atoms with Crippen LogP contribution in [0.3, 0.4) is 0 Å². The number of furan rings is 1. The Morgan fingerprint density at radius 1 is 1.19 bits per heavy atom. The summed E-state index contributed by atoms with van der Waals surface area (Å²) >= 11 is 1.34. The molecule has 0 amide bonds. The lowest BCUT2D eigenvalue weighted by Gasteiger charge is -2.24. The number of thioether (sulfide) groups is 1. The minimum atomic E-state index is -0.882. The van der Waals surface area contributed by atoms with E-state index in [2.05, 4.69) is 17.0 Å². The number of hydrogen-bond acceptors (Lipinski definition) is 7. The lowest BCUT2D eigenvalue weighted by Crippen LogP contribution is -2.32. The number of methoxy groups -OCH3 is 1. The van der Waals surface area contributed by atoms with Gasteiger partial charge in [0.15, 0.2) is 0 Å². The van der Waals surface area contributed by atoms with Crippen molar-refractivity contribution in [2.75, 3.05) is 13.7 Å². The van der Waals surface area contributed by atoms with E-state index in [1.807, 2.05) is 54.6 Å². The van der Waals surface area contributed by atoms with Gasteiger partial charge in [0.25, 0.3) is 0 Å². The molecule has 2 aromatic carbocycles. The smallest absolute Gasteiger partial charge is 0.319 e. The maximum Gasteiger partial charge on any atom is 0.319 e. The highest BCUT2D eigenvalue weighted by Crippen LogP contribution is 2.33. The van der Waals surface area contributed by atoms with Crippen molar-refractivity contribution in [3.8, 4) is 5.75 Å². The van der Waals surface area contributed by atoms with Gasteiger partial charge in [-0.1, -0.05) is 17.3 Å². The lowest BCUT2D eigenvalue weighted by atomic mass is 10.00. The Labute approximate surface area is 216 Å². The van der Waals surface area contributed by atoms with Crippen LogP contribution in [0.1, 0.15) is 42.7 Å². The first-order valence-corrected chi connectivity index (χ1v) is 12.7. The molecule has 0 radical (unpaired) electrons. The molecule has 3 aromatic rings. The van der Waals surface area contributed by atoms with Crippen LogP contribution in [-0.2, 0) is 22.7 Å². The highest BCUT2D eigenvalue weighted by Gasteiger charge is 2.29. The van der Waals surface area contributed by atoms with Gasteiger partial charge in [-0.25, -0.2) is 0 Å². The molecule has 0 saturated carbocycles. The van der Waals surface area contributed by atoms with Crippen LogP contribution in [0.2, 0.25) is 0 Å². The zero-order chi connectivity index (χ0) is 25.7. The van der Waals surface area contributed by atoms with Gasteiger partial charge in [0.1, 0.15) is 22.4 Å². The Morgan fingerprint density at radius 2 is 1.97 bits per heavy atom. The fraction of sp³-hybridized carbons (Fsp3) is 0.357. The SMILES string of the molecule is COc1ccc(C2=NOC(CN(Cc3ccc(SC(C)(C)C(=O)O)cc3)Cc3ccco3)C2)c(C)c1. The van der Waals surface area contributed by atoms with Gasteiger partial charge in [-0.2, -0.15) is 0 Å². The summed E-state index contributed by atoms with van der Waals surface area (Å²) in [5, 5.41) is 13.8. The van der Waals surface area contributed by atoms with Crippen LogP contribution in [0, 0.1) is 6.92 Å². The highest BCUT2D eigenvalue weighted by molar-refractivity contribution is 8.01. The molecule has 0 aliphatic carbocycles. The quantitative estimate of drug-likeness (QED) is 0.330. The normalized spacial score (nSPS) is 15.6. The summed E-state index contributed by atoms with van der Waals surface area (Å²) < 4.78 is 10.0. The molecule has 1 aliphatic heterocycles. The highest BCUT2D eigenvalue weighted by atomic mass is 32.2. The van der Waals surface area contributed by atoms with Gasteiger partial charge in [0.05, 0.1) is 25.6 Å². The largest absolute Gasteiger partial charge is 0.497 e. The maximum atomic E-state index is 11.5. The third-order valence-electron chi connectivity index (χ3n) is 6.12. The van der Waals surface area contributed by atoms with E-state index >= 15 is 0 Å². The summed E-state index contributed by atoms with van der Waals surface area (Å²) in [6.07, 6.45) is 2.34. The average molecular weight is 509 g/mol. The second-order valence-electron chi connectivity index (χ2n) is 9.46. The van der Waals surface area contributed by atoms with E-state index in [4.69, 9.17) is 14.0 Å². The standard InChI is InChI=1S/C28H32N2O5S/c1-19-14-21(33-4)9-12-25(19)26-15-23(35-29-26)18-30(17-22-6-5-13-34-22)16-20-7-10-24(11-8-20)36-28(2,3)27(31)32/h5-14,23H,15-18H2,1-4H3,(H,31,32). The zero-order valence-corrected chi connectivity index (χ0v) is 21.9. The van der Waals surface area contributed by atoms with Crippen LogP contribution in [0.4, 0.5) is 0 Å². The molecule has 4 rings (SSSR count). The maximum absolute atomic E-state index is 11.5. The molecule has 190 valence electrons. The van der Waals surface area contributed by atoms with Crippen LogP contribution in [-0.4, -0.2) is 46.2 Å². The minimum absolute atomic E-state index is 0.0670. The van der Waals surface area contributed by atoms with Crippen molar-refractivity contribution in [2.24, 2.45) is 5.16 Å². The summed E-state index contributed by atoms with van der Waals surface area (Å²) in [6.45, 7) is 7.51. The predicted octanol–water partition coefficient (Wildman–Crippen LogP) is 5.75. The number of aryl methyl sites for hydroxylation is 1. The van der Waals surface area contributed by atoms with E-state index in [1.54, 1.807) is 27.2 Å². The Kier molecular flexibility index (Phi) is 8.06. The van der Waals surface area contributed by atoms with E-state index < -0.39 is 10.7 Å². The van der Waals surface area contributed by atoms with Gasteiger partial charge in [-0.3, -0.25) is 9.69 Å². The number of aliphatic carboxylic acids is 1. The van der Waals surface area contributed by atoms with Crippen LogP contribution >= 0.6 is 11.8 Å². The van der Waals surface area contributed by atoms with Crippen molar-refractivity contribution in [1.82, 2.24) is 4.90 Å². The number of ether oxygens (including phenoxy) is 1. The number of benzene rings is 2. The van der Waals surface area contributed by atoms with Gasteiger partial charge < -0.3 is 19.1 Å². The van der Waals surface area contributed by atoms with Gasteiger partial charge in [-0.15, -0.1) is 11.8 Å². The van der Waals surface area contributed by atoms with Crippen LogP contribution in [0.5, 0.6) is 5.75 Å². The Bertz CT molecular complexity index is 1210. The lowest BCUT2D eigenvalue weighted by molar-refractivity contribution is -0.138. The fourth-order valence-corrected chi connectivity index (χ4v) is 5.08. The van der Waals surface area contributed by atoms with Crippen molar-refractivity contribution in [3.63, 3.8) is 0 Å². The summed E-state index contributed by atoms with van der Waals surface area (Å²) in [5.74, 6) is 0.882. The molecule has 2 heterocycles. The van der Waals surface area contributed by atoms with Gasteiger partial charge in [0.2, 0.25) is 0 Å². The minimum Gasteiger partial charge on any atom is -0.497 e. The molecule has 7 nitrogen and oxygen atoms in total. The zero-order valence-electron chi connectivity index (χ0n) is 21.1. The summed E-state index contributed by atoms with van der Waals surface area (Å²) in [5.41, 5.74) is 4.26. The molecule has 1 unspecified atom stereocenters. The predicted molar refractivity (Wildman–Crippen MR) is 141 cm³/mol. The van der Waals surface area contributed by atoms with E-state index in [0.29, 0.717) is 19.6 Å².